The van der Waals surface area contributed by atoms with E-state index in [2.05, 4.69) is 5.32 Å². The number of nitrogens with one attached hydrogen (secondary N) is 1. The van der Waals surface area contributed by atoms with Crippen LogP contribution in [0.3, 0.4) is 0 Å². The molecule has 0 spiro atoms. The Hall–Kier alpha value is -2.07. The molecule has 0 saturated carbocycles. The maximum absolute atomic E-state index is 12.0. The lowest BCUT2D eigenvalue weighted by atomic mass is 10.1. The molecule has 0 aliphatic heterocycles. The third-order valence-electron chi connectivity index (χ3n) is 3.48. The molecule has 0 bridgehead atoms. The van der Waals surface area contributed by atoms with Crippen LogP contribution >= 0.6 is 0 Å². The maximum atomic E-state index is 12.0. The van der Waals surface area contributed by atoms with Gasteiger partial charge in [-0.15, -0.1) is 0 Å². The SMILES string of the molecule is C/C=C/CC(NC(=O)OC(C)(C)C)/C(C)=C/COCc1ccccc1.CC. The van der Waals surface area contributed by atoms with Crippen molar-refractivity contribution in [2.45, 2.75) is 73.1 Å². The molecule has 27 heavy (non-hydrogen) atoms. The van der Waals surface area contributed by atoms with E-state index in [-0.39, 0.29) is 6.04 Å². The minimum absolute atomic E-state index is 0.105. The fourth-order valence-electron chi connectivity index (χ4n) is 2.16. The molecule has 152 valence electrons. The van der Waals surface area contributed by atoms with Gasteiger partial charge < -0.3 is 14.8 Å². The summed E-state index contributed by atoms with van der Waals surface area (Å²) < 4.78 is 11.0. The summed E-state index contributed by atoms with van der Waals surface area (Å²) in [6.07, 6.45) is 6.33. The van der Waals surface area contributed by atoms with E-state index in [4.69, 9.17) is 9.47 Å². The Kier molecular flexibility index (Phi) is 13.0. The van der Waals surface area contributed by atoms with Crippen LogP contribution in [0.5, 0.6) is 0 Å². The second-order valence-electron chi connectivity index (χ2n) is 6.95. The van der Waals surface area contributed by atoms with Crippen molar-refractivity contribution in [2.24, 2.45) is 0 Å². The first kappa shape index (κ1) is 24.9. The van der Waals surface area contributed by atoms with Gasteiger partial charge in [-0.05, 0) is 46.6 Å². The van der Waals surface area contributed by atoms with Gasteiger partial charge in [0.25, 0.3) is 0 Å². The molecule has 0 fully saturated rings. The topological polar surface area (TPSA) is 47.6 Å². The number of hydrogen-bond donors (Lipinski definition) is 1. The van der Waals surface area contributed by atoms with Crippen LogP contribution in [0, 0.1) is 0 Å². The van der Waals surface area contributed by atoms with E-state index < -0.39 is 11.7 Å². The van der Waals surface area contributed by atoms with E-state index in [1.165, 1.54) is 0 Å². The van der Waals surface area contributed by atoms with Gasteiger partial charge in [0.05, 0.1) is 19.3 Å². The summed E-state index contributed by atoms with van der Waals surface area (Å²) in [5.74, 6) is 0. The van der Waals surface area contributed by atoms with Gasteiger partial charge >= 0.3 is 6.09 Å². The van der Waals surface area contributed by atoms with Crippen molar-refractivity contribution >= 4 is 6.09 Å². The van der Waals surface area contributed by atoms with Crippen LogP contribution in [0.2, 0.25) is 0 Å². The van der Waals surface area contributed by atoms with Crippen molar-refractivity contribution in [3.8, 4) is 0 Å². The number of amides is 1. The Labute approximate surface area is 165 Å². The second-order valence-corrected chi connectivity index (χ2v) is 6.95. The van der Waals surface area contributed by atoms with E-state index in [9.17, 15) is 4.79 Å². The molecule has 0 aliphatic carbocycles. The Morgan fingerprint density at radius 1 is 1.19 bits per heavy atom. The molecule has 1 unspecified atom stereocenters. The molecular weight excluding hydrogens is 338 g/mol. The molecule has 1 aromatic rings. The zero-order valence-corrected chi connectivity index (χ0v) is 18.0. The number of rotatable bonds is 8. The van der Waals surface area contributed by atoms with Gasteiger partial charge in [-0.25, -0.2) is 4.79 Å². The number of carbonyl (C=O) groups excluding carboxylic acids is 1. The molecule has 1 amide bonds. The van der Waals surface area contributed by atoms with E-state index in [0.29, 0.717) is 13.2 Å². The predicted octanol–water partition coefficient (Wildman–Crippen LogP) is 6.04. The summed E-state index contributed by atoms with van der Waals surface area (Å²) in [4.78, 5) is 12.0. The second kappa shape index (κ2) is 14.0. The summed E-state index contributed by atoms with van der Waals surface area (Å²) in [6.45, 7) is 14.6. The van der Waals surface area contributed by atoms with Crippen molar-refractivity contribution in [1.82, 2.24) is 5.32 Å². The van der Waals surface area contributed by atoms with Gasteiger partial charge in [0.1, 0.15) is 5.60 Å². The van der Waals surface area contributed by atoms with Crippen molar-refractivity contribution < 1.29 is 14.3 Å². The fraction of sp³-hybridized carbons (Fsp3) is 0.522. The highest BCUT2D eigenvalue weighted by Crippen LogP contribution is 2.11. The third-order valence-corrected chi connectivity index (χ3v) is 3.48. The zero-order chi connectivity index (χ0) is 20.7. The number of ether oxygens (including phenoxy) is 2. The first-order valence-electron chi connectivity index (χ1n) is 9.71. The monoisotopic (exact) mass is 375 g/mol. The van der Waals surface area contributed by atoms with E-state index in [0.717, 1.165) is 17.6 Å². The van der Waals surface area contributed by atoms with Crippen LogP contribution in [0.15, 0.2) is 54.1 Å². The summed E-state index contributed by atoms with van der Waals surface area (Å²) in [7, 11) is 0. The van der Waals surface area contributed by atoms with Crippen LogP contribution in [0.4, 0.5) is 4.79 Å². The minimum atomic E-state index is -0.508. The lowest BCUT2D eigenvalue weighted by Crippen LogP contribution is -2.39. The van der Waals surface area contributed by atoms with Crippen LogP contribution in [0.25, 0.3) is 0 Å². The molecule has 0 saturated heterocycles. The van der Waals surface area contributed by atoms with Crippen LogP contribution in [-0.2, 0) is 16.1 Å². The normalized spacial score (nSPS) is 12.9. The van der Waals surface area contributed by atoms with E-state index >= 15 is 0 Å². The average Bonchev–Trinajstić information content (AvgIpc) is 2.63. The number of benzene rings is 1. The molecule has 1 rings (SSSR count). The maximum Gasteiger partial charge on any atom is 0.408 e. The average molecular weight is 376 g/mol. The Balaban J connectivity index is 0.00000326. The number of alkyl carbamates (subject to hydrolysis) is 1. The zero-order valence-electron chi connectivity index (χ0n) is 18.0. The standard InChI is InChI=1S/C21H31NO3.C2H6/c1-6-7-13-19(22-20(23)25-21(3,4)5)17(2)14-15-24-16-18-11-9-8-10-12-18;1-2/h6-12,14,19H,13,15-16H2,1-5H3,(H,22,23);1-2H3/b7-6+,17-14+;. The molecule has 0 aromatic heterocycles. The molecular formula is C23H37NO3. The van der Waals surface area contributed by atoms with Crippen molar-refractivity contribution in [3.63, 3.8) is 0 Å². The summed E-state index contributed by atoms with van der Waals surface area (Å²) >= 11 is 0. The van der Waals surface area contributed by atoms with Crippen LogP contribution < -0.4 is 5.32 Å². The minimum Gasteiger partial charge on any atom is -0.444 e. The highest BCUT2D eigenvalue weighted by Gasteiger charge is 2.19. The molecule has 4 heteroatoms. The lowest BCUT2D eigenvalue weighted by molar-refractivity contribution is 0.0512. The molecule has 4 nitrogen and oxygen atoms in total. The lowest BCUT2D eigenvalue weighted by Gasteiger charge is -2.23. The molecule has 1 atom stereocenters. The van der Waals surface area contributed by atoms with Gasteiger partial charge in [0.15, 0.2) is 0 Å². The van der Waals surface area contributed by atoms with Gasteiger partial charge in [-0.1, -0.05) is 68.0 Å². The number of carbonyl (C=O) groups is 1. The van der Waals surface area contributed by atoms with Gasteiger partial charge in [0, 0.05) is 0 Å². The van der Waals surface area contributed by atoms with E-state index in [1.807, 2.05) is 97.0 Å². The summed E-state index contributed by atoms with van der Waals surface area (Å²) in [5.41, 5.74) is 1.69. The molecule has 1 aromatic carbocycles. The quantitative estimate of drug-likeness (QED) is 0.445. The molecule has 0 heterocycles. The smallest absolute Gasteiger partial charge is 0.408 e. The summed E-state index contributed by atoms with van der Waals surface area (Å²) in [6, 6.07) is 9.95. The molecule has 1 N–H and O–H groups in total. The molecule has 0 aliphatic rings. The predicted molar refractivity (Wildman–Crippen MR) is 114 cm³/mol. The van der Waals surface area contributed by atoms with E-state index in [1.54, 1.807) is 0 Å². The van der Waals surface area contributed by atoms with Crippen molar-refractivity contribution in [2.75, 3.05) is 6.61 Å². The highest BCUT2D eigenvalue weighted by molar-refractivity contribution is 5.68. The van der Waals surface area contributed by atoms with Gasteiger partial charge in [0.2, 0.25) is 0 Å². The summed E-state index contributed by atoms with van der Waals surface area (Å²) in [5, 5.41) is 2.93. The number of allylic oxidation sites excluding steroid dienone is 1. The highest BCUT2D eigenvalue weighted by atomic mass is 16.6. The first-order valence-corrected chi connectivity index (χ1v) is 9.71. The van der Waals surface area contributed by atoms with Crippen molar-refractivity contribution in [3.05, 3.63) is 59.7 Å². The van der Waals surface area contributed by atoms with Crippen LogP contribution in [-0.4, -0.2) is 24.3 Å². The van der Waals surface area contributed by atoms with Gasteiger partial charge in [-0.3, -0.25) is 0 Å². The molecule has 0 radical (unpaired) electrons. The van der Waals surface area contributed by atoms with Crippen LogP contribution in [0.1, 0.15) is 60.5 Å². The Morgan fingerprint density at radius 2 is 1.81 bits per heavy atom. The largest absolute Gasteiger partial charge is 0.444 e. The Morgan fingerprint density at radius 3 is 2.37 bits per heavy atom. The first-order chi connectivity index (χ1) is 12.8. The third kappa shape index (κ3) is 12.8. The number of hydrogen-bond acceptors (Lipinski definition) is 3. The van der Waals surface area contributed by atoms with Gasteiger partial charge in [-0.2, -0.15) is 0 Å². The van der Waals surface area contributed by atoms with Crippen molar-refractivity contribution in [1.29, 1.82) is 0 Å². The Bertz CT molecular complexity index is 571. The fourth-order valence-corrected chi connectivity index (χ4v) is 2.16.